The van der Waals surface area contributed by atoms with Gasteiger partial charge < -0.3 is 30.0 Å². The minimum atomic E-state index is -4.39. The zero-order valence-corrected chi connectivity index (χ0v) is 66.0. The molecule has 0 unspecified atom stereocenters. The van der Waals surface area contributed by atoms with E-state index in [9.17, 15) is 44.6 Å². The molecule has 0 aliphatic heterocycles. The molecule has 6 nitrogen and oxygen atoms in total. The number of aromatic nitrogens is 5. The average molecular weight is 2120 g/mol. The topological polar surface area (TPSA) is 84.7 Å². The summed E-state index contributed by atoms with van der Waals surface area (Å²) < 4.78 is 97.4. The van der Waals surface area contributed by atoms with Crippen LogP contribution in [0.5, 0.6) is 5.75 Å². The Balaban J connectivity index is 0.000000270. The number of phenols is 1. The third-order valence-electron chi connectivity index (χ3n) is 14.7. The molecule has 544 valence electrons. The summed E-state index contributed by atoms with van der Waals surface area (Å²) in [5.74, 6) is 0.267. The Morgan fingerprint density at radius 2 is 0.790 bits per heavy atom. The van der Waals surface area contributed by atoms with Crippen molar-refractivity contribution in [3.63, 3.8) is 0 Å². The molecular weight excluding hydrogens is 2060 g/mol. The molecule has 1 N–H and O–H groups in total. The Labute approximate surface area is 660 Å². The summed E-state index contributed by atoms with van der Waals surface area (Å²) in [5, 5.41) is 9.82. The predicted molar refractivity (Wildman–Crippen MR) is 384 cm³/mol. The molecule has 0 aliphatic carbocycles. The van der Waals surface area contributed by atoms with E-state index in [0.29, 0.717) is 11.3 Å². The minimum absolute atomic E-state index is 0. The first-order chi connectivity index (χ1) is 48.8. The Morgan fingerprint density at radius 3 is 1.27 bits per heavy atom. The second kappa shape index (κ2) is 45.7. The molecule has 19 heteroatoms. The van der Waals surface area contributed by atoms with E-state index < -0.39 is 25.1 Å². The molecule has 0 saturated heterocycles. The standard InChI is InChI=1S/C20H18N.C18H11F3N.C17H12NO.C17H12N.C12H10N.2CHF3.4Ir/c1-14-9-15(2)11-18(10-14)20-12-16(3)19(13-21-20)17-7-5-4-6-8-17;19-18(20,21)16-9-5-4-8-15(16)14-10-11-22-17(12-14)13-6-2-1-3-7-13;19-17-9-5-4-8-15(17)14-10-11-16(18-12-14)13-6-2-1-3-7-13;1-3-7-14(8-4-1)16-11-12-17(18-13-16)15-9-5-2-6-10-15;1-10-6-5-9-13-12(10)11-7-3-2-4-8-11;2*2-1(3)4;;;;/h4-10,12-13H,1-3H3;1-6,8-12H;1-6,8-12,19H;1-9,11-13H;2-7,9H,1H3;2*1H;;;;/q5*-1;;;;;;. The summed E-state index contributed by atoms with van der Waals surface area (Å²) >= 11 is 0. The van der Waals surface area contributed by atoms with E-state index >= 15 is 0 Å². The van der Waals surface area contributed by atoms with Gasteiger partial charge in [0, 0.05) is 128 Å². The smallest absolute Gasteiger partial charge is 0.417 e. The van der Waals surface area contributed by atoms with Crippen LogP contribution in [0.25, 0.3) is 101 Å². The Morgan fingerprint density at radius 1 is 0.333 bits per heavy atom. The number of hydrogen-bond donors (Lipinski definition) is 1. The number of rotatable bonds is 9. The van der Waals surface area contributed by atoms with Crippen LogP contribution in [0, 0.1) is 58.0 Å². The third-order valence-corrected chi connectivity index (χ3v) is 14.7. The van der Waals surface area contributed by atoms with Crippen LogP contribution in [0.2, 0.25) is 0 Å². The quantitative estimate of drug-likeness (QED) is 0.114. The Hall–Kier alpha value is -9.50. The average Bonchev–Trinajstić information content (AvgIpc) is 0.812. The zero-order chi connectivity index (χ0) is 71.9. The monoisotopic (exact) mass is 2130 g/mol. The van der Waals surface area contributed by atoms with Gasteiger partial charge in [0.15, 0.2) is 0 Å². The molecule has 0 fully saturated rings. The van der Waals surface area contributed by atoms with Gasteiger partial charge in [-0.15, -0.1) is 178 Å². The van der Waals surface area contributed by atoms with Gasteiger partial charge in [-0.1, -0.05) is 159 Å². The fourth-order valence-corrected chi connectivity index (χ4v) is 10.1. The summed E-state index contributed by atoms with van der Waals surface area (Å²) in [4.78, 5) is 22.1. The molecule has 105 heavy (non-hydrogen) atoms. The predicted octanol–water partition coefficient (Wildman–Crippen LogP) is 23.7. The van der Waals surface area contributed by atoms with Crippen molar-refractivity contribution in [1.29, 1.82) is 0 Å². The second-order valence-electron chi connectivity index (χ2n) is 22.0. The van der Waals surface area contributed by atoms with Crippen LogP contribution in [0.1, 0.15) is 27.8 Å². The van der Waals surface area contributed by atoms with Crippen molar-refractivity contribution < 1.29 is 125 Å². The van der Waals surface area contributed by atoms with E-state index in [1.165, 1.54) is 51.7 Å². The van der Waals surface area contributed by atoms with Gasteiger partial charge in [0.05, 0.1) is 5.56 Å². The fraction of sp³-hybridized carbons (Fsp3) is 0.0814. The van der Waals surface area contributed by atoms with Crippen molar-refractivity contribution in [2.45, 2.75) is 47.2 Å². The first kappa shape index (κ1) is 87.9. The molecule has 0 saturated carbocycles. The summed E-state index contributed by atoms with van der Waals surface area (Å²) in [6.07, 6.45) is 4.57. The molecule has 0 bridgehead atoms. The van der Waals surface area contributed by atoms with Crippen LogP contribution in [0.15, 0.2) is 304 Å². The van der Waals surface area contributed by atoms with E-state index in [1.807, 2.05) is 170 Å². The van der Waals surface area contributed by atoms with Gasteiger partial charge >= 0.3 is 19.5 Å². The molecule has 14 rings (SSSR count). The van der Waals surface area contributed by atoms with E-state index in [2.05, 4.69) is 150 Å². The molecule has 14 aromatic rings. The maximum absolute atomic E-state index is 13.1. The van der Waals surface area contributed by atoms with Crippen molar-refractivity contribution >= 4 is 0 Å². The molecule has 9 aromatic carbocycles. The SMILES string of the molecule is Cc1[c-]c(-c2cc(C)c(-c3ccccc3)cn2)cc(C)c1.Cc1cccnc1-c1[c-]cccc1.FC(F)(F)c1ccccc1-c1ccnc(-c2[c-]cccc2)c1.FC(F)F.FC(F)F.Oc1ccccc1-c1ccc(-c2[c-]cccc2)nc1.[Ir].[Ir].[Ir].[Ir].[c-]1ccccc1-c1ccc(-c2ccccc2)cn1. The molecule has 5 aromatic heterocycles. The van der Waals surface area contributed by atoms with Crippen molar-refractivity contribution in [3.8, 4) is 107 Å². The van der Waals surface area contributed by atoms with Gasteiger partial charge in [-0.3, -0.25) is 0 Å². The van der Waals surface area contributed by atoms with Gasteiger partial charge in [0.2, 0.25) is 0 Å². The summed E-state index contributed by atoms with van der Waals surface area (Å²) in [5.41, 5.74) is 20.5. The molecule has 0 spiro atoms. The van der Waals surface area contributed by atoms with Crippen LogP contribution >= 0.6 is 0 Å². The number of hydrogen-bond acceptors (Lipinski definition) is 6. The molecule has 0 amide bonds. The van der Waals surface area contributed by atoms with Gasteiger partial charge in [-0.2, -0.15) is 39.5 Å². The number of aryl methyl sites for hydroxylation is 4. The number of halogens is 9. The zero-order valence-electron chi connectivity index (χ0n) is 56.4. The number of para-hydroxylation sites is 1. The fourth-order valence-electron chi connectivity index (χ4n) is 10.1. The Bertz CT molecular complexity index is 4690. The number of alkyl halides is 9. The number of nitrogens with zero attached hydrogens (tertiary/aromatic N) is 5. The van der Waals surface area contributed by atoms with Crippen molar-refractivity contribution in [2.75, 3.05) is 0 Å². The summed E-state index contributed by atoms with van der Waals surface area (Å²) in [7, 11) is 0. The van der Waals surface area contributed by atoms with Crippen molar-refractivity contribution in [2.24, 2.45) is 0 Å². The maximum Gasteiger partial charge on any atom is 0.417 e. The van der Waals surface area contributed by atoms with E-state index in [-0.39, 0.29) is 91.7 Å². The van der Waals surface area contributed by atoms with Crippen molar-refractivity contribution in [3.05, 3.63) is 362 Å². The number of benzene rings is 9. The minimum Gasteiger partial charge on any atom is -0.507 e. The normalized spacial score (nSPS) is 10.0. The van der Waals surface area contributed by atoms with E-state index in [0.717, 1.165) is 78.9 Å². The van der Waals surface area contributed by atoms with Crippen LogP contribution in [-0.2, 0) is 86.6 Å². The van der Waals surface area contributed by atoms with Gasteiger partial charge in [-0.05, 0) is 100.0 Å². The maximum atomic E-state index is 13.1. The first-order valence-corrected chi connectivity index (χ1v) is 31.4. The molecule has 0 aliphatic rings. The van der Waals surface area contributed by atoms with Crippen LogP contribution in [-0.4, -0.2) is 43.4 Å². The molecule has 5 heterocycles. The van der Waals surface area contributed by atoms with Crippen LogP contribution in [0.3, 0.4) is 0 Å². The number of aromatic hydroxyl groups is 1. The van der Waals surface area contributed by atoms with Crippen molar-refractivity contribution in [1.82, 2.24) is 24.9 Å². The Kier molecular flexibility index (Phi) is 38.2. The summed E-state index contributed by atoms with van der Waals surface area (Å²) in [6.45, 7) is 1.04. The van der Waals surface area contributed by atoms with Gasteiger partial charge in [0.25, 0.3) is 0 Å². The summed E-state index contributed by atoms with van der Waals surface area (Å²) in [6, 6.07) is 102. The molecule has 4 radical (unpaired) electrons. The third kappa shape index (κ3) is 28.5. The largest absolute Gasteiger partial charge is 0.507 e. The molecular formula is C86H65F9Ir4N5O-5. The van der Waals surface area contributed by atoms with Gasteiger partial charge in [0.1, 0.15) is 5.75 Å². The first-order valence-electron chi connectivity index (χ1n) is 31.4. The van der Waals surface area contributed by atoms with E-state index in [4.69, 9.17) is 0 Å². The number of pyridine rings is 5. The van der Waals surface area contributed by atoms with E-state index in [1.54, 1.807) is 42.6 Å². The van der Waals surface area contributed by atoms with Crippen LogP contribution < -0.4 is 0 Å². The van der Waals surface area contributed by atoms with Gasteiger partial charge in [-0.25, -0.2) is 0 Å². The molecule has 0 atom stereocenters. The van der Waals surface area contributed by atoms with Crippen LogP contribution in [0.4, 0.5) is 39.5 Å². The second-order valence-corrected chi connectivity index (χ2v) is 22.0. The number of phenolic OH excluding ortho intramolecular Hbond substituents is 1.